The molecule has 0 radical (unpaired) electrons. The fourth-order valence-electron chi connectivity index (χ4n) is 3.32. The van der Waals surface area contributed by atoms with E-state index in [0.717, 1.165) is 49.1 Å². The van der Waals surface area contributed by atoms with Gasteiger partial charge in [0.25, 0.3) is 0 Å². The second-order valence-electron chi connectivity index (χ2n) is 6.41. The van der Waals surface area contributed by atoms with Gasteiger partial charge in [0.2, 0.25) is 0 Å². The quantitative estimate of drug-likeness (QED) is 0.375. The molecule has 1 aliphatic heterocycles. The molecule has 1 unspecified atom stereocenters. The topological polar surface area (TPSA) is 52.6 Å². The van der Waals surface area contributed by atoms with Crippen LogP contribution in [0.5, 0.6) is 0 Å². The molecule has 1 aromatic carbocycles. The summed E-state index contributed by atoms with van der Waals surface area (Å²) in [7, 11) is 1.82. The number of nitrogens with one attached hydrogen (secondary N) is 2. The maximum atomic E-state index is 4.49. The largest absolute Gasteiger partial charge is 0.367 e. The number of nitrogens with zero attached hydrogens (tertiary/aromatic N) is 3. The van der Waals surface area contributed by atoms with E-state index in [2.05, 4.69) is 62.1 Å². The molecule has 1 atom stereocenters. The summed E-state index contributed by atoms with van der Waals surface area (Å²) in [6, 6.07) is 9.27. The second kappa shape index (κ2) is 10.1. The highest BCUT2D eigenvalue weighted by Crippen LogP contribution is 2.31. The molecule has 0 fully saturated rings. The molecule has 142 valence electrons. The number of hydrogen-bond acceptors (Lipinski definition) is 4. The third kappa shape index (κ3) is 5.33. The zero-order chi connectivity index (χ0) is 17.6. The SMILES string of the molecule is CN=C(NCCc1csc(C)n1)NCCN1c2ccccc2CC1C.I. The molecule has 2 heterocycles. The zero-order valence-electron chi connectivity index (χ0n) is 15.7. The molecule has 1 aliphatic rings. The first-order valence-electron chi connectivity index (χ1n) is 8.87. The molecule has 2 N–H and O–H groups in total. The summed E-state index contributed by atoms with van der Waals surface area (Å²) in [5.74, 6) is 0.854. The van der Waals surface area contributed by atoms with E-state index in [9.17, 15) is 0 Å². The van der Waals surface area contributed by atoms with E-state index in [1.165, 1.54) is 11.3 Å². The van der Waals surface area contributed by atoms with Crippen LogP contribution in [0, 0.1) is 6.92 Å². The Morgan fingerprint density at radius 3 is 2.81 bits per heavy atom. The molecule has 7 heteroatoms. The molecule has 0 aliphatic carbocycles. The number of halogens is 1. The van der Waals surface area contributed by atoms with Crippen LogP contribution in [0.2, 0.25) is 0 Å². The molecule has 0 bridgehead atoms. The second-order valence-corrected chi connectivity index (χ2v) is 7.47. The first-order chi connectivity index (χ1) is 12.2. The number of para-hydroxylation sites is 1. The standard InChI is InChI=1S/C19H27N5S.HI/c1-14-12-16-6-4-5-7-18(16)24(14)11-10-22-19(20-3)21-9-8-17-13-25-15(2)23-17;/h4-7,13-14H,8-12H2,1-3H3,(H2,20,21,22);1H. The molecule has 0 amide bonds. The lowest BCUT2D eigenvalue weighted by Crippen LogP contribution is -2.43. The van der Waals surface area contributed by atoms with Gasteiger partial charge in [-0.05, 0) is 31.9 Å². The van der Waals surface area contributed by atoms with Crippen LogP contribution in [-0.4, -0.2) is 43.7 Å². The van der Waals surface area contributed by atoms with E-state index < -0.39 is 0 Å². The van der Waals surface area contributed by atoms with Crippen molar-refractivity contribution in [1.82, 2.24) is 15.6 Å². The van der Waals surface area contributed by atoms with Crippen molar-refractivity contribution in [1.29, 1.82) is 0 Å². The summed E-state index contributed by atoms with van der Waals surface area (Å²) < 4.78 is 0. The Labute approximate surface area is 177 Å². The molecule has 0 spiro atoms. The van der Waals surface area contributed by atoms with Crippen molar-refractivity contribution in [2.24, 2.45) is 4.99 Å². The first-order valence-corrected chi connectivity index (χ1v) is 9.75. The fourth-order valence-corrected chi connectivity index (χ4v) is 3.96. The van der Waals surface area contributed by atoms with E-state index >= 15 is 0 Å². The monoisotopic (exact) mass is 485 g/mol. The summed E-state index contributed by atoms with van der Waals surface area (Å²) >= 11 is 1.70. The van der Waals surface area contributed by atoms with Gasteiger partial charge in [-0.1, -0.05) is 18.2 Å². The van der Waals surface area contributed by atoms with Crippen molar-refractivity contribution in [3.05, 3.63) is 45.9 Å². The summed E-state index contributed by atoms with van der Waals surface area (Å²) in [6.07, 6.45) is 2.05. The number of aryl methyl sites for hydroxylation is 1. The van der Waals surface area contributed by atoms with Crippen molar-refractivity contribution in [2.45, 2.75) is 32.7 Å². The molecule has 0 saturated heterocycles. The van der Waals surface area contributed by atoms with Gasteiger partial charge in [-0.2, -0.15) is 0 Å². The smallest absolute Gasteiger partial charge is 0.191 e. The summed E-state index contributed by atoms with van der Waals surface area (Å²) in [5, 5.41) is 10.0. The molecular weight excluding hydrogens is 457 g/mol. The highest BCUT2D eigenvalue weighted by atomic mass is 127. The van der Waals surface area contributed by atoms with Gasteiger partial charge in [0.05, 0.1) is 10.7 Å². The minimum absolute atomic E-state index is 0. The normalized spacial score (nSPS) is 16.2. The van der Waals surface area contributed by atoms with Gasteiger partial charge in [-0.3, -0.25) is 4.99 Å². The molecule has 5 nitrogen and oxygen atoms in total. The van der Waals surface area contributed by atoms with Gasteiger partial charge in [0.15, 0.2) is 5.96 Å². The molecule has 26 heavy (non-hydrogen) atoms. The van der Waals surface area contributed by atoms with E-state index in [1.54, 1.807) is 11.3 Å². The number of aromatic nitrogens is 1. The van der Waals surface area contributed by atoms with Gasteiger partial charge in [0.1, 0.15) is 0 Å². The van der Waals surface area contributed by atoms with Gasteiger partial charge < -0.3 is 15.5 Å². The van der Waals surface area contributed by atoms with Crippen LogP contribution in [0.3, 0.4) is 0 Å². The van der Waals surface area contributed by atoms with Crippen LogP contribution in [0.1, 0.15) is 23.2 Å². The highest BCUT2D eigenvalue weighted by molar-refractivity contribution is 14.0. The highest BCUT2D eigenvalue weighted by Gasteiger charge is 2.24. The first kappa shape index (κ1) is 21.0. The number of aliphatic imine (C=N–C) groups is 1. The lowest BCUT2D eigenvalue weighted by atomic mass is 10.1. The summed E-state index contributed by atoms with van der Waals surface area (Å²) in [5.41, 5.74) is 3.97. The lowest BCUT2D eigenvalue weighted by molar-refractivity contribution is 0.656. The number of benzene rings is 1. The van der Waals surface area contributed by atoms with Crippen molar-refractivity contribution in [2.75, 3.05) is 31.6 Å². The Balaban J connectivity index is 0.00000243. The number of thiazole rings is 1. The number of fused-ring (bicyclic) bond motifs is 1. The molecule has 3 rings (SSSR count). The minimum atomic E-state index is 0. The number of hydrogen-bond donors (Lipinski definition) is 2. The van der Waals surface area contributed by atoms with Crippen molar-refractivity contribution >= 4 is 47.0 Å². The van der Waals surface area contributed by atoms with Crippen LogP contribution in [0.25, 0.3) is 0 Å². The van der Waals surface area contributed by atoms with Gasteiger partial charge in [-0.25, -0.2) is 4.98 Å². The van der Waals surface area contributed by atoms with Gasteiger partial charge in [0, 0.05) is 50.2 Å². The van der Waals surface area contributed by atoms with Crippen LogP contribution in [0.15, 0.2) is 34.6 Å². The zero-order valence-corrected chi connectivity index (χ0v) is 18.8. The van der Waals surface area contributed by atoms with Crippen LogP contribution >= 0.6 is 35.3 Å². The average Bonchev–Trinajstić information content (AvgIpc) is 3.16. The Morgan fingerprint density at radius 2 is 2.08 bits per heavy atom. The maximum Gasteiger partial charge on any atom is 0.191 e. The van der Waals surface area contributed by atoms with Crippen LogP contribution in [-0.2, 0) is 12.8 Å². The van der Waals surface area contributed by atoms with E-state index in [-0.39, 0.29) is 24.0 Å². The van der Waals surface area contributed by atoms with Crippen LogP contribution < -0.4 is 15.5 Å². The van der Waals surface area contributed by atoms with E-state index in [0.29, 0.717) is 6.04 Å². The molecule has 2 aromatic rings. The van der Waals surface area contributed by atoms with Crippen molar-refractivity contribution in [3.63, 3.8) is 0 Å². The Morgan fingerprint density at radius 1 is 1.31 bits per heavy atom. The summed E-state index contributed by atoms with van der Waals surface area (Å²) in [4.78, 5) is 11.3. The number of rotatable bonds is 6. The Bertz CT molecular complexity index is 730. The Hall–Kier alpha value is -1.35. The average molecular weight is 485 g/mol. The third-order valence-corrected chi connectivity index (χ3v) is 5.38. The van der Waals surface area contributed by atoms with Crippen molar-refractivity contribution in [3.8, 4) is 0 Å². The predicted octanol–water partition coefficient (Wildman–Crippen LogP) is 3.23. The molecule has 1 aromatic heterocycles. The Kier molecular flexibility index (Phi) is 8.15. The molecule has 0 saturated carbocycles. The number of anilines is 1. The number of guanidine groups is 1. The third-order valence-electron chi connectivity index (χ3n) is 4.56. The minimum Gasteiger partial charge on any atom is -0.367 e. The van der Waals surface area contributed by atoms with E-state index in [4.69, 9.17) is 0 Å². The van der Waals surface area contributed by atoms with Crippen LogP contribution in [0.4, 0.5) is 5.69 Å². The van der Waals surface area contributed by atoms with Crippen molar-refractivity contribution < 1.29 is 0 Å². The molecular formula is C19H28IN5S. The van der Waals surface area contributed by atoms with Gasteiger partial charge >= 0.3 is 0 Å². The van der Waals surface area contributed by atoms with Gasteiger partial charge in [-0.15, -0.1) is 35.3 Å². The fraction of sp³-hybridized carbons (Fsp3) is 0.474. The lowest BCUT2D eigenvalue weighted by Gasteiger charge is -2.25. The van der Waals surface area contributed by atoms with E-state index in [1.807, 2.05) is 14.0 Å². The predicted molar refractivity (Wildman–Crippen MR) is 122 cm³/mol. The maximum absolute atomic E-state index is 4.49. The summed E-state index contributed by atoms with van der Waals surface area (Å²) in [6.45, 7) is 7.02.